The van der Waals surface area contributed by atoms with Crippen LogP contribution < -0.4 is 10.4 Å². The van der Waals surface area contributed by atoms with Gasteiger partial charge in [-0.3, -0.25) is 14.2 Å². The van der Waals surface area contributed by atoms with Crippen molar-refractivity contribution in [3.05, 3.63) is 44.3 Å². The highest BCUT2D eigenvalue weighted by Gasteiger charge is 2.06. The molecule has 0 unspecified atom stereocenters. The van der Waals surface area contributed by atoms with Crippen LogP contribution in [0.1, 0.15) is 25.7 Å². The normalized spacial score (nSPS) is 11.0. The third-order valence-corrected chi connectivity index (χ3v) is 4.04. The van der Waals surface area contributed by atoms with E-state index in [-0.39, 0.29) is 17.0 Å². The number of fused-ring (bicyclic) bond motifs is 1. The number of benzene rings is 1. The topological polar surface area (TPSA) is 59.3 Å². The lowest BCUT2D eigenvalue weighted by Crippen LogP contribution is -2.30. The van der Waals surface area contributed by atoms with E-state index >= 15 is 0 Å². The molecule has 0 saturated heterocycles. The van der Waals surface area contributed by atoms with E-state index < -0.39 is 0 Å². The summed E-state index contributed by atoms with van der Waals surface area (Å²) < 4.78 is 2.07. The van der Waals surface area contributed by atoms with Crippen LogP contribution in [0.4, 0.5) is 0 Å². The molecule has 0 atom stereocenters. The van der Waals surface area contributed by atoms with E-state index in [0.29, 0.717) is 11.9 Å². The fourth-order valence-corrected chi connectivity index (χ4v) is 2.92. The van der Waals surface area contributed by atoms with Crippen molar-refractivity contribution in [2.75, 3.05) is 6.61 Å². The molecule has 1 N–H and O–H groups in total. The van der Waals surface area contributed by atoms with Crippen molar-refractivity contribution in [3.63, 3.8) is 0 Å². The lowest BCUT2D eigenvalue weighted by Gasteiger charge is -2.05. The van der Waals surface area contributed by atoms with Crippen LogP contribution in [-0.4, -0.2) is 16.3 Å². The summed E-state index contributed by atoms with van der Waals surface area (Å²) in [7, 11) is 0. The Morgan fingerprint density at radius 1 is 1.05 bits per heavy atom. The third-order valence-electron chi connectivity index (χ3n) is 3.07. The van der Waals surface area contributed by atoms with Gasteiger partial charge in [0.2, 0.25) is 0 Å². The maximum Gasteiger partial charge on any atom is 0.310 e. The second-order valence-corrected chi connectivity index (χ2v) is 5.45. The largest absolute Gasteiger partial charge is 0.396 e. The van der Waals surface area contributed by atoms with E-state index in [1.165, 1.54) is 4.57 Å². The van der Waals surface area contributed by atoms with Gasteiger partial charge in [0.15, 0.2) is 0 Å². The summed E-state index contributed by atoms with van der Waals surface area (Å²) in [6.45, 7) is 0.662. The minimum Gasteiger partial charge on any atom is -0.396 e. The molecule has 0 spiro atoms. The molecule has 0 fully saturated rings. The Labute approximate surface area is 115 Å². The third kappa shape index (κ3) is 3.30. The zero-order chi connectivity index (χ0) is 13.7. The van der Waals surface area contributed by atoms with Crippen molar-refractivity contribution in [1.29, 1.82) is 0 Å². The first-order valence-corrected chi connectivity index (χ1v) is 7.29. The van der Waals surface area contributed by atoms with E-state index in [2.05, 4.69) is 0 Å². The van der Waals surface area contributed by atoms with Gasteiger partial charge in [-0.1, -0.05) is 36.3 Å². The molecule has 2 aromatic rings. The molecular weight excluding hydrogens is 262 g/mol. The summed E-state index contributed by atoms with van der Waals surface area (Å²) >= 11 is 1.12. The minimum absolute atomic E-state index is 0.189. The summed E-state index contributed by atoms with van der Waals surface area (Å²) in [4.78, 5) is 23.9. The van der Waals surface area contributed by atoms with Gasteiger partial charge in [0.1, 0.15) is 0 Å². The number of aliphatic hydroxyl groups is 1. The average Bonchev–Trinajstić information content (AvgIpc) is 2.42. The molecule has 0 amide bonds. The maximum atomic E-state index is 12.2. The average molecular weight is 279 g/mol. The Balaban J connectivity index is 2.19. The zero-order valence-electron chi connectivity index (χ0n) is 10.7. The van der Waals surface area contributed by atoms with Crippen LogP contribution in [-0.2, 0) is 6.54 Å². The molecule has 5 heteroatoms. The van der Waals surface area contributed by atoms with Gasteiger partial charge in [0, 0.05) is 17.9 Å². The van der Waals surface area contributed by atoms with Crippen molar-refractivity contribution in [3.8, 4) is 0 Å². The molecular formula is C14H17NO3S. The number of hydrogen-bond acceptors (Lipinski definition) is 4. The number of aliphatic hydroxyl groups excluding tert-OH is 1. The molecule has 1 aromatic carbocycles. The van der Waals surface area contributed by atoms with Crippen molar-refractivity contribution in [2.45, 2.75) is 32.2 Å². The quantitative estimate of drug-likeness (QED) is 0.822. The summed E-state index contributed by atoms with van der Waals surface area (Å²) in [5.74, 6) is 0. The van der Waals surface area contributed by atoms with Crippen LogP contribution in [0.5, 0.6) is 0 Å². The number of unbranched alkanes of at least 4 members (excludes halogenated alkanes) is 3. The second kappa shape index (κ2) is 6.63. The molecule has 19 heavy (non-hydrogen) atoms. The summed E-state index contributed by atoms with van der Waals surface area (Å²) in [5, 5.41) is 9.30. The van der Waals surface area contributed by atoms with Gasteiger partial charge in [-0.25, -0.2) is 0 Å². The van der Waals surface area contributed by atoms with Crippen LogP contribution in [0.2, 0.25) is 0 Å². The van der Waals surface area contributed by atoms with Gasteiger partial charge in [0.05, 0.1) is 5.39 Å². The molecule has 1 heterocycles. The van der Waals surface area contributed by atoms with E-state index in [4.69, 9.17) is 5.11 Å². The van der Waals surface area contributed by atoms with Gasteiger partial charge in [0.25, 0.3) is 5.56 Å². The predicted molar refractivity (Wildman–Crippen MR) is 77.9 cm³/mol. The second-order valence-electron chi connectivity index (χ2n) is 4.46. The van der Waals surface area contributed by atoms with E-state index in [9.17, 15) is 9.59 Å². The number of rotatable bonds is 6. The van der Waals surface area contributed by atoms with Crippen LogP contribution in [0.15, 0.2) is 33.9 Å². The molecule has 0 radical (unpaired) electrons. The highest BCUT2D eigenvalue weighted by Crippen LogP contribution is 2.11. The molecule has 0 aliphatic carbocycles. The summed E-state index contributed by atoms with van der Waals surface area (Å²) in [5.41, 5.74) is -0.193. The SMILES string of the molecule is O=c1sc2ccccc2c(=O)n1CCCCCCO. The van der Waals surface area contributed by atoms with E-state index in [1.54, 1.807) is 12.1 Å². The van der Waals surface area contributed by atoms with Crippen molar-refractivity contribution < 1.29 is 5.11 Å². The lowest BCUT2D eigenvalue weighted by molar-refractivity contribution is 0.282. The number of nitrogens with zero attached hydrogens (tertiary/aromatic N) is 1. The summed E-state index contributed by atoms with van der Waals surface area (Å²) in [6.07, 6.45) is 3.42. The van der Waals surface area contributed by atoms with Crippen LogP contribution in [0.25, 0.3) is 10.1 Å². The molecule has 0 aliphatic heterocycles. The first-order valence-electron chi connectivity index (χ1n) is 6.47. The van der Waals surface area contributed by atoms with Crippen LogP contribution in [0.3, 0.4) is 0 Å². The van der Waals surface area contributed by atoms with Gasteiger partial charge >= 0.3 is 4.87 Å². The predicted octanol–water partition coefficient (Wildman–Crippen LogP) is 1.98. The molecule has 0 aliphatic rings. The van der Waals surface area contributed by atoms with Gasteiger partial charge in [-0.15, -0.1) is 0 Å². The molecule has 0 saturated carbocycles. The van der Waals surface area contributed by atoms with Gasteiger partial charge in [-0.2, -0.15) is 0 Å². The van der Waals surface area contributed by atoms with Crippen LogP contribution >= 0.6 is 11.3 Å². The van der Waals surface area contributed by atoms with Crippen molar-refractivity contribution in [1.82, 2.24) is 4.57 Å². The number of aromatic nitrogens is 1. The standard InChI is InChI=1S/C14H17NO3S/c16-10-6-2-1-5-9-15-13(17)11-7-3-4-8-12(11)19-14(15)18/h3-4,7-8,16H,1-2,5-6,9-10H2. The van der Waals surface area contributed by atoms with Crippen molar-refractivity contribution >= 4 is 21.4 Å². The highest BCUT2D eigenvalue weighted by atomic mass is 32.1. The maximum absolute atomic E-state index is 12.2. The fraction of sp³-hybridized carbons (Fsp3) is 0.429. The van der Waals surface area contributed by atoms with E-state index in [0.717, 1.165) is 41.7 Å². The lowest BCUT2D eigenvalue weighted by atomic mass is 10.2. The van der Waals surface area contributed by atoms with E-state index in [1.807, 2.05) is 12.1 Å². The summed E-state index contributed by atoms with van der Waals surface area (Å²) in [6, 6.07) is 7.20. The zero-order valence-corrected chi connectivity index (χ0v) is 11.5. The van der Waals surface area contributed by atoms with Crippen molar-refractivity contribution in [2.24, 2.45) is 0 Å². The first kappa shape index (κ1) is 14.0. The molecule has 0 bridgehead atoms. The Kier molecular flexibility index (Phi) is 4.87. The van der Waals surface area contributed by atoms with Gasteiger partial charge in [-0.05, 0) is 25.0 Å². The smallest absolute Gasteiger partial charge is 0.310 e. The Hall–Kier alpha value is -1.46. The minimum atomic E-state index is -0.193. The molecule has 2 rings (SSSR count). The fourth-order valence-electron chi connectivity index (χ4n) is 2.04. The molecule has 4 nitrogen and oxygen atoms in total. The Morgan fingerprint density at radius 3 is 2.58 bits per heavy atom. The first-order chi connectivity index (χ1) is 9.24. The Morgan fingerprint density at radius 2 is 1.79 bits per heavy atom. The van der Waals surface area contributed by atoms with Crippen LogP contribution in [0, 0.1) is 0 Å². The molecule has 102 valence electrons. The molecule has 1 aromatic heterocycles. The van der Waals surface area contributed by atoms with Gasteiger partial charge < -0.3 is 5.11 Å². The monoisotopic (exact) mass is 279 g/mol. The highest BCUT2D eigenvalue weighted by molar-refractivity contribution is 7.16. The number of hydrogen-bond donors (Lipinski definition) is 1. The Bertz CT molecular complexity index is 660.